The Hall–Kier alpha value is -0.698. The Morgan fingerprint density at radius 2 is 0.649 bits per heavy atom. The largest absolute Gasteiger partial charge is 1.00 e. The van der Waals surface area contributed by atoms with Crippen molar-refractivity contribution in [2.45, 2.75) is 0 Å². The van der Waals surface area contributed by atoms with E-state index < -0.39 is 77.7 Å². The first-order valence-corrected chi connectivity index (χ1v) is 31.1. The Bertz CT molecular complexity index is 3550. The number of fused-ring (bicyclic) bond motifs is 20. The molecule has 3 aromatic heterocycles. The number of rotatable bonds is 12. The minimum Gasteiger partial charge on any atom is -0.748 e. The van der Waals surface area contributed by atoms with Crippen LogP contribution in [-0.4, -0.2) is 145 Å². The first kappa shape index (κ1) is 72.4. The van der Waals surface area contributed by atoms with Crippen molar-refractivity contribution >= 4 is 105 Å². The molecule has 392 valence electrons. The summed E-state index contributed by atoms with van der Waals surface area (Å²) in [6.45, 7) is -1.11. The van der Waals surface area contributed by atoms with Gasteiger partial charge in [-0.05, 0) is 21.5 Å². The van der Waals surface area contributed by atoms with Crippen LogP contribution in [0.1, 0.15) is 0 Å². The summed E-state index contributed by atoms with van der Waals surface area (Å²) in [5.74, 6) is -1.05. The maximum atomic E-state index is 10.3. The van der Waals surface area contributed by atoms with E-state index in [9.17, 15) is 64.2 Å². The van der Waals surface area contributed by atoms with Gasteiger partial charge in [-0.25, -0.2) is 69.7 Å². The van der Waals surface area contributed by atoms with E-state index >= 15 is 0 Å². The minimum absolute atomic E-state index is 0. The summed E-state index contributed by atoms with van der Waals surface area (Å²) in [7, 11) is -23.2. The number of aromatic nitrogens is 7. The number of hydrogen-bond acceptors (Lipinski definition) is 20. The fourth-order valence-electron chi connectivity index (χ4n) is 6.58. The zero-order valence-corrected chi connectivity index (χ0v) is 59.1. The summed E-state index contributed by atoms with van der Waals surface area (Å²) in [6.07, 6.45) is 2.64. The molecule has 0 amide bonds. The Morgan fingerprint density at radius 1 is 0.403 bits per heavy atom. The van der Waals surface area contributed by atoms with Crippen LogP contribution in [0.4, 0.5) is 0 Å². The number of sulfonamides is 3. The molecule has 7 aromatic rings. The molecular weight excluding hydrogens is 1260 g/mol. The van der Waals surface area contributed by atoms with Crippen molar-refractivity contribution < 1.29 is 238 Å². The van der Waals surface area contributed by atoms with Gasteiger partial charge in [0.05, 0.1) is 78.0 Å². The van der Waals surface area contributed by atoms with Crippen LogP contribution in [0, 0.1) is 6.07 Å². The molecule has 0 unspecified atom stereocenters. The third-order valence-corrected chi connectivity index (χ3v) is 13.8. The molecule has 9 rings (SSSR count). The van der Waals surface area contributed by atoms with Crippen molar-refractivity contribution in [3.8, 4) is 45.3 Å². The summed E-state index contributed by atoms with van der Waals surface area (Å²) in [6, 6.07) is 35.5. The quantitative estimate of drug-likeness (QED) is 0.0581. The number of nitrogens with one attached hydrogen (secondary N) is 3. The van der Waals surface area contributed by atoms with E-state index in [4.69, 9.17) is 34.9 Å². The second-order valence-electron chi connectivity index (χ2n) is 15.5. The first-order chi connectivity index (χ1) is 33.9. The number of benzene rings is 4. The number of nitrogens with zero attached hydrogens (tertiary/aromatic N) is 7. The van der Waals surface area contributed by atoms with Gasteiger partial charge in [0.25, 0.3) is 0 Å². The number of hydrogen-bond donors (Lipinski definition) is 3. The molecule has 4 heterocycles. The maximum absolute atomic E-state index is 10.3. The summed E-state index contributed by atoms with van der Waals surface area (Å²) in [4.78, 5) is 34.6. The standard InChI is InChI=1S/C33H16N7.3C3H9NO5S2.3K.Zn/c1-2-10-19-18(9-1)26-17-27(19)35-29-21-12-4-6-14-23(21)31(37-29)39-33-25-16-8-7-15-24(25)32(40-33)38-30-22-13-5-3-11-20(22)28(34-26)36-30;3*1-10(5,6)4-2-3-11(7,8)9;;;;/h1-16H;3*4H,2-3H2,1H3,(H,7,8,9);;;;/q-3;;;;3*+1;/p-3. The maximum Gasteiger partial charge on any atom is 1.00 e. The van der Waals surface area contributed by atoms with Crippen LogP contribution in [0.25, 0.3) is 89.4 Å². The van der Waals surface area contributed by atoms with Gasteiger partial charge < -0.3 is 43.6 Å². The van der Waals surface area contributed by atoms with Crippen LogP contribution in [0.2, 0.25) is 0 Å². The molecule has 0 saturated carbocycles. The van der Waals surface area contributed by atoms with Crippen molar-refractivity contribution in [3.63, 3.8) is 0 Å². The van der Waals surface area contributed by atoms with Gasteiger partial charge in [0.1, 0.15) is 0 Å². The molecule has 0 atom stereocenters. The van der Waals surface area contributed by atoms with Crippen LogP contribution < -0.4 is 178 Å². The predicted molar refractivity (Wildman–Crippen MR) is 267 cm³/mol. The van der Waals surface area contributed by atoms with E-state index in [1.165, 1.54) is 0 Å². The van der Waals surface area contributed by atoms with Crippen molar-refractivity contribution in [2.24, 2.45) is 0 Å². The van der Waals surface area contributed by atoms with Crippen LogP contribution in [0.3, 0.4) is 0 Å². The van der Waals surface area contributed by atoms with Gasteiger partial charge in [0, 0.05) is 72.8 Å². The van der Waals surface area contributed by atoms with Crippen molar-refractivity contribution in [1.29, 1.82) is 0 Å². The molecule has 4 aromatic carbocycles. The molecule has 0 saturated heterocycles. The van der Waals surface area contributed by atoms with Crippen LogP contribution in [0.5, 0.6) is 0 Å². The molecule has 0 spiro atoms. The molecule has 0 fully saturated rings. The van der Waals surface area contributed by atoms with E-state index in [1.54, 1.807) is 0 Å². The molecule has 8 bridgehead atoms. The summed E-state index contributed by atoms with van der Waals surface area (Å²) >= 11 is 0. The second kappa shape index (κ2) is 30.7. The Kier molecular flexibility index (Phi) is 28.9. The molecule has 0 radical (unpaired) electrons. The zero-order chi connectivity index (χ0) is 53.6. The molecule has 1 aliphatic carbocycles. The molecule has 1 aliphatic heterocycles. The molecular formula is C42H40K3N10O15S6Zn-3. The molecule has 2 aliphatic rings. The van der Waals surface area contributed by atoms with Crippen molar-refractivity contribution in [3.05, 3.63) is 103 Å². The molecule has 77 heavy (non-hydrogen) atoms. The van der Waals surface area contributed by atoms with E-state index in [0.717, 1.165) is 62.6 Å². The summed E-state index contributed by atoms with van der Waals surface area (Å²) in [5.41, 5.74) is 7.35. The van der Waals surface area contributed by atoms with E-state index in [0.29, 0.717) is 45.6 Å². The average Bonchev–Trinajstić information content (AvgIpc) is 4.00. The fraction of sp³-hybridized carbons (Fsp3) is 0.214. The van der Waals surface area contributed by atoms with E-state index in [-0.39, 0.29) is 193 Å². The Morgan fingerprint density at radius 3 is 0.909 bits per heavy atom. The topological polar surface area (TPSA) is 403 Å². The predicted octanol–water partition coefficient (Wildman–Crippen LogP) is -8.22. The fourth-order valence-corrected chi connectivity index (χ4v) is 9.44. The van der Waals surface area contributed by atoms with Crippen molar-refractivity contribution in [2.75, 3.05) is 55.7 Å². The third-order valence-electron chi connectivity index (χ3n) is 9.54. The van der Waals surface area contributed by atoms with Gasteiger partial charge >= 0.3 is 154 Å². The van der Waals surface area contributed by atoms with Gasteiger partial charge in [-0.1, -0.05) is 84.9 Å². The van der Waals surface area contributed by atoms with E-state index in [2.05, 4.69) is 6.07 Å². The van der Waals surface area contributed by atoms with Gasteiger partial charge in [-0.2, -0.15) is 17.2 Å². The average molecular weight is 1300 g/mol. The summed E-state index contributed by atoms with van der Waals surface area (Å²) in [5, 5.41) is 3.64. The van der Waals surface area contributed by atoms with Crippen LogP contribution in [-0.2, 0) is 79.9 Å². The molecule has 25 nitrogen and oxygen atoms in total. The minimum atomic E-state index is -4.32. The monoisotopic (exact) mass is 1300 g/mol. The van der Waals surface area contributed by atoms with Crippen molar-refractivity contribution in [1.82, 2.24) is 49.1 Å². The van der Waals surface area contributed by atoms with Gasteiger partial charge in [0.2, 0.25) is 30.1 Å². The third kappa shape index (κ3) is 23.5. The SMILES string of the molecule is CS(=O)(=O)NCCS(=O)(=O)[O-].CS(=O)(=O)NCCS(=O)(=O)[O-].CS(=O)(=O)NCCS(=O)(=O)[O-].[K+].[K+].[K+].[Zn].[c-]1c2nc3[n-]c(nc4nc(nc5[n-]c(nc1-c1ccccc1-2)c1ccccc51)-c1ccccc1-4)c1ccccc31. The Labute approximate surface area is 585 Å². The van der Waals surface area contributed by atoms with Gasteiger partial charge in [-0.3, -0.25) is 0 Å². The first-order valence-electron chi connectivity index (χ1n) is 20.7. The van der Waals surface area contributed by atoms with E-state index in [1.807, 2.05) is 111 Å². The van der Waals surface area contributed by atoms with Gasteiger partial charge in [0.15, 0.2) is 0 Å². The smallest absolute Gasteiger partial charge is 0.748 e. The van der Waals surface area contributed by atoms with Crippen LogP contribution >= 0.6 is 0 Å². The van der Waals surface area contributed by atoms with Crippen LogP contribution in [0.15, 0.2) is 97.1 Å². The second-order valence-corrected chi connectivity index (χ2v) is 25.6. The zero-order valence-electron chi connectivity index (χ0n) is 41.9. The Balaban J connectivity index is 0.000000455. The molecule has 35 heteroatoms. The molecule has 3 N–H and O–H groups in total. The normalized spacial score (nSPS) is 11.9. The van der Waals surface area contributed by atoms with Gasteiger partial charge in [-0.15, -0.1) is 23.5 Å². The summed E-state index contributed by atoms with van der Waals surface area (Å²) < 4.78 is 157.